The lowest BCUT2D eigenvalue weighted by Gasteiger charge is -2.20. The van der Waals surface area contributed by atoms with E-state index in [1.165, 1.54) is 57.8 Å². The normalized spacial score (nSPS) is 11.3. The summed E-state index contributed by atoms with van der Waals surface area (Å²) in [7, 11) is 3.65. The van der Waals surface area contributed by atoms with E-state index in [2.05, 4.69) is 12.2 Å². The molecule has 26 heavy (non-hydrogen) atoms. The van der Waals surface area contributed by atoms with Gasteiger partial charge in [0, 0.05) is 19.6 Å². The highest BCUT2D eigenvalue weighted by Crippen LogP contribution is 2.10. The molecule has 154 valence electrons. The van der Waals surface area contributed by atoms with Crippen LogP contribution in [0.3, 0.4) is 0 Å². The van der Waals surface area contributed by atoms with Crippen LogP contribution in [0.5, 0.6) is 0 Å². The summed E-state index contributed by atoms with van der Waals surface area (Å²) < 4.78 is 0. The number of rotatable bonds is 18. The quantitative estimate of drug-likeness (QED) is 0.362. The lowest BCUT2D eigenvalue weighted by atomic mass is 10.1. The minimum atomic E-state index is -0.829. The molecule has 0 heterocycles. The Labute approximate surface area is 160 Å². The number of aliphatic carboxylic acids is 1. The van der Waals surface area contributed by atoms with Crippen molar-refractivity contribution in [3.05, 3.63) is 0 Å². The first kappa shape index (κ1) is 24.9. The Morgan fingerprint density at radius 1 is 0.769 bits per heavy atom. The molecule has 6 nitrogen and oxygen atoms in total. The first-order chi connectivity index (χ1) is 12.5. The van der Waals surface area contributed by atoms with Crippen molar-refractivity contribution in [1.29, 1.82) is 0 Å². The van der Waals surface area contributed by atoms with Crippen LogP contribution in [0, 0.1) is 0 Å². The number of carboxylic acid groups (broad SMARTS) is 1. The third kappa shape index (κ3) is 17.7. The van der Waals surface area contributed by atoms with Crippen molar-refractivity contribution < 1.29 is 14.7 Å². The van der Waals surface area contributed by atoms with E-state index in [1.807, 2.05) is 11.9 Å². The smallest absolute Gasteiger partial charge is 0.317 e. The van der Waals surface area contributed by atoms with Crippen molar-refractivity contribution in [3.8, 4) is 0 Å². The first-order valence-corrected chi connectivity index (χ1v) is 10.3. The Bertz CT molecular complexity index is 364. The summed E-state index contributed by atoms with van der Waals surface area (Å²) >= 11 is 0. The zero-order valence-corrected chi connectivity index (χ0v) is 17.3. The lowest BCUT2D eigenvalue weighted by Crippen LogP contribution is -2.39. The van der Waals surface area contributed by atoms with Gasteiger partial charge in [0.2, 0.25) is 5.91 Å². The summed E-state index contributed by atoms with van der Waals surface area (Å²) in [5.41, 5.74) is 0. The number of hydrogen-bond donors (Lipinski definition) is 2. The van der Waals surface area contributed by atoms with Crippen molar-refractivity contribution in [2.45, 2.75) is 71.1 Å². The average molecular weight is 372 g/mol. The van der Waals surface area contributed by atoms with Gasteiger partial charge in [0.1, 0.15) is 0 Å². The van der Waals surface area contributed by atoms with Crippen LogP contribution >= 0.6 is 0 Å². The van der Waals surface area contributed by atoms with Crippen LogP contribution in [0.25, 0.3) is 0 Å². The van der Waals surface area contributed by atoms with Gasteiger partial charge in [-0.3, -0.25) is 19.4 Å². The molecular weight excluding hydrogens is 330 g/mol. The number of nitrogens with one attached hydrogen (secondary N) is 1. The summed E-state index contributed by atoms with van der Waals surface area (Å²) in [6.07, 6.45) is 13.0. The van der Waals surface area contributed by atoms with Gasteiger partial charge in [-0.05, 0) is 20.5 Å². The van der Waals surface area contributed by atoms with E-state index in [9.17, 15) is 9.59 Å². The van der Waals surface area contributed by atoms with E-state index in [4.69, 9.17) is 5.11 Å². The fourth-order valence-electron chi connectivity index (χ4n) is 2.87. The van der Waals surface area contributed by atoms with Crippen molar-refractivity contribution in [3.63, 3.8) is 0 Å². The van der Waals surface area contributed by atoms with Crippen LogP contribution in [-0.4, -0.2) is 73.6 Å². The number of carbonyl (C=O) groups excluding carboxylic acids is 1. The van der Waals surface area contributed by atoms with Crippen LogP contribution < -0.4 is 5.32 Å². The number of amides is 1. The van der Waals surface area contributed by atoms with Crippen molar-refractivity contribution in [2.75, 3.05) is 46.8 Å². The first-order valence-electron chi connectivity index (χ1n) is 10.3. The largest absolute Gasteiger partial charge is 0.480 e. The Hall–Kier alpha value is -1.14. The third-order valence-corrected chi connectivity index (χ3v) is 4.53. The molecule has 0 unspecified atom stereocenters. The highest BCUT2D eigenvalue weighted by molar-refractivity contribution is 5.77. The molecule has 0 rings (SSSR count). The lowest BCUT2D eigenvalue weighted by molar-refractivity contribution is -0.138. The molecule has 6 heteroatoms. The Balaban J connectivity index is 3.44. The number of hydrogen-bond acceptors (Lipinski definition) is 4. The molecule has 0 saturated carbocycles. The molecule has 0 aliphatic rings. The van der Waals surface area contributed by atoms with Crippen LogP contribution in [0.4, 0.5) is 0 Å². The summed E-state index contributed by atoms with van der Waals surface area (Å²) in [5.74, 6) is -0.784. The van der Waals surface area contributed by atoms with Crippen LogP contribution in [-0.2, 0) is 9.59 Å². The van der Waals surface area contributed by atoms with E-state index in [1.54, 1.807) is 11.9 Å². The highest BCUT2D eigenvalue weighted by Gasteiger charge is 2.08. The van der Waals surface area contributed by atoms with Gasteiger partial charge < -0.3 is 10.4 Å². The Morgan fingerprint density at radius 3 is 1.73 bits per heavy atom. The molecule has 0 aliphatic heterocycles. The van der Waals surface area contributed by atoms with Crippen LogP contribution in [0.1, 0.15) is 71.1 Å². The SMILES string of the molecule is CCCCCCCCCCCCNC(=O)CN(C)CCN(C)CC(=O)O. The molecule has 0 aromatic carbocycles. The molecule has 0 aliphatic carbocycles. The van der Waals surface area contributed by atoms with Gasteiger partial charge >= 0.3 is 5.97 Å². The molecule has 0 radical (unpaired) electrons. The molecule has 0 aromatic heterocycles. The number of unbranched alkanes of at least 4 members (excludes halogenated alkanes) is 9. The van der Waals surface area contributed by atoms with E-state index >= 15 is 0 Å². The van der Waals surface area contributed by atoms with Crippen molar-refractivity contribution in [2.24, 2.45) is 0 Å². The van der Waals surface area contributed by atoms with Gasteiger partial charge in [0.25, 0.3) is 0 Å². The van der Waals surface area contributed by atoms with E-state index in [0.29, 0.717) is 19.6 Å². The Morgan fingerprint density at radius 2 is 1.23 bits per heavy atom. The van der Waals surface area contributed by atoms with Gasteiger partial charge in [-0.25, -0.2) is 0 Å². The standard InChI is InChI=1S/C20H41N3O3/c1-4-5-6-7-8-9-10-11-12-13-14-21-19(24)17-22(2)15-16-23(3)18-20(25)26/h4-18H2,1-3H3,(H,21,24)(H,25,26). The number of carbonyl (C=O) groups is 2. The number of likely N-dealkylation sites (N-methyl/N-ethyl adjacent to an activating group) is 2. The minimum absolute atomic E-state index is 0.0266. The van der Waals surface area contributed by atoms with Gasteiger partial charge in [-0.15, -0.1) is 0 Å². The van der Waals surface area contributed by atoms with E-state index in [0.717, 1.165) is 13.0 Å². The topological polar surface area (TPSA) is 72.9 Å². The molecule has 0 aromatic rings. The summed E-state index contributed by atoms with van der Waals surface area (Å²) in [5, 5.41) is 11.7. The van der Waals surface area contributed by atoms with E-state index < -0.39 is 5.97 Å². The predicted octanol–water partition coefficient (Wildman–Crippen LogP) is 2.97. The average Bonchev–Trinajstić information content (AvgIpc) is 2.57. The summed E-state index contributed by atoms with van der Waals surface area (Å²) in [4.78, 5) is 26.1. The second kappa shape index (κ2) is 17.3. The second-order valence-corrected chi connectivity index (χ2v) is 7.40. The van der Waals surface area contributed by atoms with E-state index in [-0.39, 0.29) is 12.5 Å². The minimum Gasteiger partial charge on any atom is -0.480 e. The molecule has 0 fully saturated rings. The third-order valence-electron chi connectivity index (χ3n) is 4.53. The van der Waals surface area contributed by atoms with Gasteiger partial charge in [0.05, 0.1) is 13.1 Å². The van der Waals surface area contributed by atoms with Crippen LogP contribution in [0.2, 0.25) is 0 Å². The fraction of sp³-hybridized carbons (Fsp3) is 0.900. The summed E-state index contributed by atoms with van der Waals surface area (Å²) in [6.45, 7) is 4.70. The molecule has 0 atom stereocenters. The molecule has 0 saturated heterocycles. The van der Waals surface area contributed by atoms with Gasteiger partial charge in [0.15, 0.2) is 0 Å². The maximum atomic E-state index is 11.9. The van der Waals surface area contributed by atoms with Gasteiger partial charge in [-0.1, -0.05) is 64.7 Å². The molecular formula is C20H41N3O3. The molecule has 0 bridgehead atoms. The van der Waals surface area contributed by atoms with Crippen molar-refractivity contribution >= 4 is 11.9 Å². The zero-order chi connectivity index (χ0) is 19.6. The molecule has 1 amide bonds. The number of carboxylic acids is 1. The maximum Gasteiger partial charge on any atom is 0.317 e. The molecule has 2 N–H and O–H groups in total. The highest BCUT2D eigenvalue weighted by atomic mass is 16.4. The monoisotopic (exact) mass is 371 g/mol. The number of nitrogens with zero attached hydrogens (tertiary/aromatic N) is 2. The fourth-order valence-corrected chi connectivity index (χ4v) is 2.87. The van der Waals surface area contributed by atoms with Crippen molar-refractivity contribution in [1.82, 2.24) is 15.1 Å². The maximum absolute atomic E-state index is 11.9. The Kier molecular flexibility index (Phi) is 16.5. The second-order valence-electron chi connectivity index (χ2n) is 7.40. The zero-order valence-electron chi connectivity index (χ0n) is 17.3. The molecule has 0 spiro atoms. The van der Waals surface area contributed by atoms with Gasteiger partial charge in [-0.2, -0.15) is 0 Å². The van der Waals surface area contributed by atoms with Crippen LogP contribution in [0.15, 0.2) is 0 Å². The summed E-state index contributed by atoms with van der Waals surface area (Å²) in [6, 6.07) is 0. The predicted molar refractivity (Wildman–Crippen MR) is 107 cm³/mol.